The molecule has 10 heteroatoms. The molecule has 2 heterocycles. The number of ether oxygens (including phenoxy) is 1. The van der Waals surface area contributed by atoms with Crippen molar-refractivity contribution in [3.8, 4) is 0 Å². The fourth-order valence-corrected chi connectivity index (χ4v) is 3.71. The van der Waals surface area contributed by atoms with Crippen LogP contribution in [0.4, 0.5) is 5.13 Å². The third-order valence-corrected chi connectivity index (χ3v) is 5.11. The van der Waals surface area contributed by atoms with Gasteiger partial charge in [0.15, 0.2) is 10.3 Å². The molecule has 0 saturated carbocycles. The van der Waals surface area contributed by atoms with Crippen molar-refractivity contribution >= 4 is 40.1 Å². The topological polar surface area (TPSA) is 99.0 Å². The van der Waals surface area contributed by atoms with E-state index in [1.165, 1.54) is 23.1 Å². The molecule has 8 nitrogen and oxygen atoms in total. The molecule has 0 aromatic carbocycles. The molecule has 0 aliphatic rings. The van der Waals surface area contributed by atoms with E-state index in [4.69, 9.17) is 4.74 Å². The molecule has 0 bridgehead atoms. The van der Waals surface area contributed by atoms with E-state index in [1.807, 2.05) is 18.4 Å². The standard InChI is InChI=1S/C17H23N5O3S2/c1-5-7-22-15(11(3)4)20-21-17(22)27-10-13(23)19-16-18-12(9-26-16)8-14(24)25-6-2/h5,9,11H,1,6-8,10H2,2-4H3,(H,18,19,23). The first-order valence-electron chi connectivity index (χ1n) is 8.51. The molecular weight excluding hydrogens is 386 g/mol. The number of aromatic nitrogens is 4. The minimum Gasteiger partial charge on any atom is -0.466 e. The SMILES string of the molecule is C=CCn1c(SCC(=O)Nc2nc(CC(=O)OCC)cs2)nnc1C(C)C. The van der Waals surface area contributed by atoms with Gasteiger partial charge in [-0.2, -0.15) is 0 Å². The Morgan fingerprint density at radius 1 is 1.44 bits per heavy atom. The fourth-order valence-electron chi connectivity index (χ4n) is 2.23. The van der Waals surface area contributed by atoms with Crippen molar-refractivity contribution in [1.82, 2.24) is 19.7 Å². The van der Waals surface area contributed by atoms with Crippen LogP contribution in [0, 0.1) is 0 Å². The molecule has 2 rings (SSSR count). The summed E-state index contributed by atoms with van der Waals surface area (Å²) >= 11 is 2.58. The molecule has 2 aromatic heterocycles. The molecule has 0 unspecified atom stereocenters. The predicted molar refractivity (Wildman–Crippen MR) is 106 cm³/mol. The molecule has 0 atom stereocenters. The van der Waals surface area contributed by atoms with Gasteiger partial charge in [0.2, 0.25) is 5.91 Å². The first kappa shape index (κ1) is 21.1. The number of allylic oxidation sites excluding steroid dienone is 1. The third-order valence-electron chi connectivity index (χ3n) is 3.33. The van der Waals surface area contributed by atoms with Crippen LogP contribution in [-0.2, 0) is 27.3 Å². The molecule has 1 N–H and O–H groups in total. The molecular formula is C17H23N5O3S2. The van der Waals surface area contributed by atoms with Crippen LogP contribution in [-0.4, -0.2) is 44.0 Å². The summed E-state index contributed by atoms with van der Waals surface area (Å²) < 4.78 is 6.84. The second-order valence-electron chi connectivity index (χ2n) is 5.86. The minimum absolute atomic E-state index is 0.0948. The number of nitrogens with one attached hydrogen (secondary N) is 1. The van der Waals surface area contributed by atoms with Crippen LogP contribution in [0.3, 0.4) is 0 Å². The van der Waals surface area contributed by atoms with Gasteiger partial charge in [0.1, 0.15) is 5.82 Å². The number of carbonyl (C=O) groups excluding carboxylic acids is 2. The molecule has 0 radical (unpaired) electrons. The number of rotatable bonds is 10. The molecule has 0 fully saturated rings. The second-order valence-corrected chi connectivity index (χ2v) is 7.66. The molecule has 1 amide bonds. The number of hydrogen-bond donors (Lipinski definition) is 1. The van der Waals surface area contributed by atoms with Crippen molar-refractivity contribution in [2.45, 2.75) is 44.8 Å². The average Bonchev–Trinajstić information content (AvgIpc) is 3.20. The van der Waals surface area contributed by atoms with Gasteiger partial charge >= 0.3 is 5.97 Å². The van der Waals surface area contributed by atoms with Crippen LogP contribution in [0.15, 0.2) is 23.2 Å². The highest BCUT2D eigenvalue weighted by molar-refractivity contribution is 7.99. The van der Waals surface area contributed by atoms with Crippen molar-refractivity contribution in [2.24, 2.45) is 0 Å². The molecule has 2 aromatic rings. The largest absolute Gasteiger partial charge is 0.466 e. The number of anilines is 1. The summed E-state index contributed by atoms with van der Waals surface area (Å²) in [7, 11) is 0. The summed E-state index contributed by atoms with van der Waals surface area (Å²) in [6.45, 7) is 10.5. The summed E-state index contributed by atoms with van der Waals surface area (Å²) in [5, 5.41) is 14.0. The van der Waals surface area contributed by atoms with E-state index < -0.39 is 0 Å². The molecule has 146 valence electrons. The highest BCUT2D eigenvalue weighted by atomic mass is 32.2. The van der Waals surface area contributed by atoms with Crippen LogP contribution >= 0.6 is 23.1 Å². The van der Waals surface area contributed by atoms with Crippen molar-refractivity contribution in [1.29, 1.82) is 0 Å². The second kappa shape index (κ2) is 10.2. The minimum atomic E-state index is -0.334. The van der Waals surface area contributed by atoms with Crippen LogP contribution in [0.5, 0.6) is 0 Å². The van der Waals surface area contributed by atoms with Crippen LogP contribution in [0.25, 0.3) is 0 Å². The van der Waals surface area contributed by atoms with Crippen molar-refractivity contribution in [3.05, 3.63) is 29.6 Å². The van der Waals surface area contributed by atoms with Gasteiger partial charge in [-0.3, -0.25) is 9.59 Å². The van der Waals surface area contributed by atoms with Gasteiger partial charge in [-0.1, -0.05) is 31.7 Å². The third kappa shape index (κ3) is 6.17. The zero-order chi connectivity index (χ0) is 19.8. The Balaban J connectivity index is 1.91. The highest BCUT2D eigenvalue weighted by Gasteiger charge is 2.16. The number of thioether (sulfide) groups is 1. The van der Waals surface area contributed by atoms with E-state index in [2.05, 4.69) is 27.1 Å². The first-order valence-corrected chi connectivity index (χ1v) is 10.4. The maximum absolute atomic E-state index is 12.2. The smallest absolute Gasteiger partial charge is 0.311 e. The summed E-state index contributed by atoms with van der Waals surface area (Å²) in [6.07, 6.45) is 1.87. The Morgan fingerprint density at radius 3 is 2.89 bits per heavy atom. The molecule has 0 saturated heterocycles. The van der Waals surface area contributed by atoms with Gasteiger partial charge in [0.25, 0.3) is 0 Å². The van der Waals surface area contributed by atoms with Gasteiger partial charge in [0, 0.05) is 17.8 Å². The number of esters is 1. The molecule has 0 aliphatic heterocycles. The van der Waals surface area contributed by atoms with E-state index in [0.717, 1.165) is 5.82 Å². The van der Waals surface area contributed by atoms with Crippen molar-refractivity contribution < 1.29 is 14.3 Å². The molecule has 0 aliphatic carbocycles. The Kier molecular flexibility index (Phi) is 7.99. The van der Waals surface area contributed by atoms with Gasteiger partial charge in [-0.25, -0.2) is 4.98 Å². The van der Waals surface area contributed by atoms with Gasteiger partial charge in [-0.15, -0.1) is 28.1 Å². The van der Waals surface area contributed by atoms with Crippen LogP contribution in [0.2, 0.25) is 0 Å². The zero-order valence-corrected chi connectivity index (χ0v) is 17.2. The normalized spacial score (nSPS) is 10.8. The lowest BCUT2D eigenvalue weighted by molar-refractivity contribution is -0.142. The number of carbonyl (C=O) groups is 2. The van der Waals surface area contributed by atoms with Gasteiger partial charge in [0.05, 0.1) is 24.5 Å². The summed E-state index contributed by atoms with van der Waals surface area (Å²) in [4.78, 5) is 27.9. The van der Waals surface area contributed by atoms with Crippen LogP contribution < -0.4 is 5.32 Å². The highest BCUT2D eigenvalue weighted by Crippen LogP contribution is 2.22. The fraction of sp³-hybridized carbons (Fsp3) is 0.471. The average molecular weight is 410 g/mol. The lowest BCUT2D eigenvalue weighted by atomic mass is 10.2. The number of amides is 1. The monoisotopic (exact) mass is 409 g/mol. The lowest BCUT2D eigenvalue weighted by Crippen LogP contribution is -2.15. The maximum Gasteiger partial charge on any atom is 0.311 e. The van der Waals surface area contributed by atoms with Gasteiger partial charge < -0.3 is 14.6 Å². The summed E-state index contributed by atoms with van der Waals surface area (Å²) in [5.74, 6) is 0.741. The number of nitrogens with zero attached hydrogens (tertiary/aromatic N) is 4. The quantitative estimate of drug-likeness (QED) is 0.366. The number of hydrogen-bond acceptors (Lipinski definition) is 8. The Bertz CT molecular complexity index is 800. The predicted octanol–water partition coefficient (Wildman–Crippen LogP) is 2.88. The van der Waals surface area contributed by atoms with E-state index in [0.29, 0.717) is 29.1 Å². The van der Waals surface area contributed by atoms with E-state index in [-0.39, 0.29) is 30.0 Å². The van der Waals surface area contributed by atoms with E-state index in [9.17, 15) is 9.59 Å². The first-order chi connectivity index (χ1) is 12.9. The molecule has 0 spiro atoms. The van der Waals surface area contributed by atoms with Crippen molar-refractivity contribution in [2.75, 3.05) is 17.7 Å². The van der Waals surface area contributed by atoms with Crippen molar-refractivity contribution in [3.63, 3.8) is 0 Å². The molecule has 27 heavy (non-hydrogen) atoms. The summed E-state index contributed by atoms with van der Waals surface area (Å²) in [6, 6.07) is 0. The Hall–Kier alpha value is -2.20. The Morgan fingerprint density at radius 2 is 2.22 bits per heavy atom. The van der Waals surface area contributed by atoms with Gasteiger partial charge in [-0.05, 0) is 6.92 Å². The van der Waals surface area contributed by atoms with E-state index >= 15 is 0 Å². The zero-order valence-electron chi connectivity index (χ0n) is 15.6. The maximum atomic E-state index is 12.2. The number of thiazole rings is 1. The lowest BCUT2D eigenvalue weighted by Gasteiger charge is -2.09. The summed E-state index contributed by atoms with van der Waals surface area (Å²) in [5.41, 5.74) is 0.578. The Labute approximate surface area is 166 Å². The van der Waals surface area contributed by atoms with Crippen LogP contribution in [0.1, 0.15) is 38.2 Å². The van der Waals surface area contributed by atoms with E-state index in [1.54, 1.807) is 18.4 Å².